The monoisotopic (exact) mass is 197 g/mol. The van der Waals surface area contributed by atoms with Gasteiger partial charge in [-0.05, 0) is 49.7 Å². The van der Waals surface area contributed by atoms with Gasteiger partial charge in [0.1, 0.15) is 11.5 Å². The topological polar surface area (TPSA) is 36.9 Å². The largest absolute Gasteiger partial charge is 0.461 e. The zero-order valence-electron chi connectivity index (χ0n) is 8.74. The van der Waals surface area contributed by atoms with E-state index in [4.69, 9.17) is 9.68 Å². The maximum absolute atomic E-state index is 8.67. The highest BCUT2D eigenvalue weighted by atomic mass is 16.3. The molecule has 2 nitrogen and oxygen atoms in total. The van der Waals surface area contributed by atoms with Gasteiger partial charge in [0, 0.05) is 5.56 Å². The molecule has 1 aromatic heterocycles. The summed E-state index contributed by atoms with van der Waals surface area (Å²) in [6.07, 6.45) is 0. The molecule has 74 valence electrons. The fourth-order valence-electron chi connectivity index (χ4n) is 1.42. The summed E-state index contributed by atoms with van der Waals surface area (Å²) >= 11 is 0. The van der Waals surface area contributed by atoms with Crippen molar-refractivity contribution >= 4 is 0 Å². The third-order valence-electron chi connectivity index (χ3n) is 2.46. The van der Waals surface area contributed by atoms with Gasteiger partial charge in [-0.2, -0.15) is 5.26 Å². The Morgan fingerprint density at radius 2 is 1.80 bits per heavy atom. The van der Waals surface area contributed by atoms with Gasteiger partial charge >= 0.3 is 0 Å². The van der Waals surface area contributed by atoms with Crippen LogP contribution in [-0.4, -0.2) is 0 Å². The Hall–Kier alpha value is -2.01. The zero-order chi connectivity index (χ0) is 10.8. The second-order valence-corrected chi connectivity index (χ2v) is 3.54. The maximum atomic E-state index is 8.67. The number of nitrogens with zero attached hydrogens (tertiary/aromatic N) is 1. The summed E-state index contributed by atoms with van der Waals surface area (Å²) in [6.45, 7) is 3.97. The van der Waals surface area contributed by atoms with Crippen LogP contribution in [0.5, 0.6) is 0 Å². The molecule has 0 atom stereocenters. The fraction of sp³-hybridized carbons (Fsp3) is 0.154. The van der Waals surface area contributed by atoms with Gasteiger partial charge in [0.25, 0.3) is 0 Å². The molecule has 0 spiro atoms. The van der Waals surface area contributed by atoms with Crippen molar-refractivity contribution in [2.75, 3.05) is 0 Å². The Bertz CT molecular complexity index is 495. The van der Waals surface area contributed by atoms with E-state index in [1.54, 1.807) is 12.1 Å². The highest BCUT2D eigenvalue weighted by molar-refractivity contribution is 5.59. The van der Waals surface area contributed by atoms with Crippen LogP contribution in [0.15, 0.2) is 34.7 Å². The van der Waals surface area contributed by atoms with Gasteiger partial charge in [0.05, 0.1) is 11.6 Å². The van der Waals surface area contributed by atoms with Crippen molar-refractivity contribution in [1.82, 2.24) is 0 Å². The molecule has 0 unspecified atom stereocenters. The molecule has 1 aromatic carbocycles. The molecule has 0 saturated heterocycles. The smallest absolute Gasteiger partial charge is 0.134 e. The predicted octanol–water partition coefficient (Wildman–Crippen LogP) is 3.44. The first-order valence-electron chi connectivity index (χ1n) is 4.78. The molecular formula is C13H11NO. The normalized spacial score (nSPS) is 9.93. The quantitative estimate of drug-likeness (QED) is 0.702. The molecule has 0 N–H and O–H groups in total. The molecule has 0 aliphatic heterocycles. The van der Waals surface area contributed by atoms with Crippen LogP contribution in [0, 0.1) is 25.2 Å². The summed E-state index contributed by atoms with van der Waals surface area (Å²) in [5.74, 6) is 1.80. The van der Waals surface area contributed by atoms with Gasteiger partial charge in [0.15, 0.2) is 0 Å². The maximum Gasteiger partial charge on any atom is 0.134 e. The molecule has 15 heavy (non-hydrogen) atoms. The average molecular weight is 197 g/mol. The van der Waals surface area contributed by atoms with Crippen LogP contribution in [0.4, 0.5) is 0 Å². The van der Waals surface area contributed by atoms with Crippen molar-refractivity contribution in [2.45, 2.75) is 13.8 Å². The first kappa shape index (κ1) is 9.54. The molecular weight excluding hydrogens is 186 g/mol. The summed E-state index contributed by atoms with van der Waals surface area (Å²) in [5, 5.41) is 8.67. The number of nitriles is 1. The van der Waals surface area contributed by atoms with Gasteiger partial charge < -0.3 is 4.42 Å². The van der Waals surface area contributed by atoms with Gasteiger partial charge in [-0.15, -0.1) is 0 Å². The minimum atomic E-state index is 0.666. The lowest BCUT2D eigenvalue weighted by atomic mass is 10.1. The Kier molecular flexibility index (Phi) is 2.31. The van der Waals surface area contributed by atoms with Crippen LogP contribution in [0.1, 0.15) is 16.9 Å². The second kappa shape index (κ2) is 3.62. The van der Waals surface area contributed by atoms with E-state index in [1.807, 2.05) is 32.0 Å². The second-order valence-electron chi connectivity index (χ2n) is 3.54. The molecule has 0 aliphatic rings. The lowest BCUT2D eigenvalue weighted by Crippen LogP contribution is -1.75. The Morgan fingerprint density at radius 3 is 2.27 bits per heavy atom. The third-order valence-corrected chi connectivity index (χ3v) is 2.46. The van der Waals surface area contributed by atoms with E-state index in [-0.39, 0.29) is 0 Å². The van der Waals surface area contributed by atoms with E-state index in [0.29, 0.717) is 5.56 Å². The molecule has 0 aliphatic carbocycles. The van der Waals surface area contributed by atoms with E-state index in [9.17, 15) is 0 Å². The molecule has 0 saturated carbocycles. The van der Waals surface area contributed by atoms with Crippen molar-refractivity contribution in [1.29, 1.82) is 5.26 Å². The van der Waals surface area contributed by atoms with E-state index in [1.165, 1.54) is 0 Å². The molecule has 0 radical (unpaired) electrons. The number of hydrogen-bond donors (Lipinski definition) is 0. The fourth-order valence-corrected chi connectivity index (χ4v) is 1.42. The molecule has 2 heteroatoms. The third kappa shape index (κ3) is 1.77. The van der Waals surface area contributed by atoms with Crippen LogP contribution in [0.3, 0.4) is 0 Å². The van der Waals surface area contributed by atoms with E-state index < -0.39 is 0 Å². The average Bonchev–Trinajstić information content (AvgIpc) is 2.59. The SMILES string of the molecule is Cc1cc(-c2ccc(C#N)cc2)oc1C. The highest BCUT2D eigenvalue weighted by Crippen LogP contribution is 2.24. The molecule has 2 aromatic rings. The predicted molar refractivity (Wildman–Crippen MR) is 58.3 cm³/mol. The van der Waals surface area contributed by atoms with Crippen molar-refractivity contribution in [3.8, 4) is 17.4 Å². The Morgan fingerprint density at radius 1 is 1.13 bits per heavy atom. The number of benzene rings is 1. The van der Waals surface area contributed by atoms with E-state index >= 15 is 0 Å². The number of rotatable bonds is 1. The van der Waals surface area contributed by atoms with Crippen molar-refractivity contribution in [3.63, 3.8) is 0 Å². The molecule has 2 rings (SSSR count). The molecule has 0 fully saturated rings. The lowest BCUT2D eigenvalue weighted by molar-refractivity contribution is 0.545. The first-order chi connectivity index (χ1) is 7.20. The van der Waals surface area contributed by atoms with Gasteiger partial charge in [-0.1, -0.05) is 0 Å². The Labute approximate surface area is 88.8 Å². The minimum Gasteiger partial charge on any atom is -0.461 e. The lowest BCUT2D eigenvalue weighted by Gasteiger charge is -1.95. The van der Waals surface area contributed by atoms with Crippen LogP contribution < -0.4 is 0 Å². The molecule has 0 amide bonds. The molecule has 1 heterocycles. The Balaban J connectivity index is 2.42. The van der Waals surface area contributed by atoms with Gasteiger partial charge in [-0.3, -0.25) is 0 Å². The van der Waals surface area contributed by atoms with Crippen molar-refractivity contribution in [2.24, 2.45) is 0 Å². The van der Waals surface area contributed by atoms with Gasteiger partial charge in [-0.25, -0.2) is 0 Å². The van der Waals surface area contributed by atoms with Crippen molar-refractivity contribution < 1.29 is 4.42 Å². The molecule has 0 bridgehead atoms. The highest BCUT2D eigenvalue weighted by Gasteiger charge is 2.05. The summed E-state index contributed by atoms with van der Waals surface area (Å²) in [5.41, 5.74) is 2.82. The van der Waals surface area contributed by atoms with E-state index in [2.05, 4.69) is 6.07 Å². The van der Waals surface area contributed by atoms with Crippen LogP contribution >= 0.6 is 0 Å². The number of furan rings is 1. The summed E-state index contributed by atoms with van der Waals surface area (Å²) in [7, 11) is 0. The summed E-state index contributed by atoms with van der Waals surface area (Å²) < 4.78 is 5.59. The van der Waals surface area contributed by atoms with Crippen molar-refractivity contribution in [3.05, 3.63) is 47.2 Å². The zero-order valence-corrected chi connectivity index (χ0v) is 8.74. The van der Waals surface area contributed by atoms with Crippen LogP contribution in [0.2, 0.25) is 0 Å². The number of aryl methyl sites for hydroxylation is 2. The number of hydrogen-bond acceptors (Lipinski definition) is 2. The summed E-state index contributed by atoms with van der Waals surface area (Å²) in [6, 6.07) is 11.5. The standard InChI is InChI=1S/C13H11NO/c1-9-7-13(15-10(9)2)12-5-3-11(8-14)4-6-12/h3-7H,1-2H3. The van der Waals surface area contributed by atoms with Gasteiger partial charge in [0.2, 0.25) is 0 Å². The van der Waals surface area contributed by atoms with Crippen LogP contribution in [-0.2, 0) is 0 Å². The first-order valence-corrected chi connectivity index (χ1v) is 4.78. The summed E-state index contributed by atoms with van der Waals surface area (Å²) in [4.78, 5) is 0. The van der Waals surface area contributed by atoms with Crippen LogP contribution in [0.25, 0.3) is 11.3 Å². The van der Waals surface area contributed by atoms with E-state index in [0.717, 1.165) is 22.6 Å². The minimum absolute atomic E-state index is 0.666.